The molecular weight excluding hydrogens is 226 g/mol. The normalized spacial score (nSPS) is 12.2. The molecular formula is C15H17NO2. The Morgan fingerprint density at radius 2 is 1.94 bits per heavy atom. The Morgan fingerprint density at radius 1 is 1.17 bits per heavy atom. The summed E-state index contributed by atoms with van der Waals surface area (Å²) in [4.78, 5) is 14.0. The zero-order valence-electron chi connectivity index (χ0n) is 10.2. The largest absolute Gasteiger partial charge is 0.481 e. The summed E-state index contributed by atoms with van der Waals surface area (Å²) in [6.07, 6.45) is 3.76. The van der Waals surface area contributed by atoms with Gasteiger partial charge in [-0.15, -0.1) is 0 Å². The van der Waals surface area contributed by atoms with Gasteiger partial charge in [0.15, 0.2) is 0 Å². The van der Waals surface area contributed by atoms with Crippen molar-refractivity contribution in [1.82, 2.24) is 4.98 Å². The summed E-state index contributed by atoms with van der Waals surface area (Å²) in [7, 11) is 0. The van der Waals surface area contributed by atoms with E-state index in [0.717, 1.165) is 18.5 Å². The van der Waals surface area contributed by atoms with Gasteiger partial charge in [-0.2, -0.15) is 0 Å². The van der Waals surface area contributed by atoms with E-state index >= 15 is 0 Å². The van der Waals surface area contributed by atoms with E-state index in [4.69, 9.17) is 5.11 Å². The fourth-order valence-electron chi connectivity index (χ4n) is 2.16. The van der Waals surface area contributed by atoms with Crippen molar-refractivity contribution in [2.24, 2.45) is 0 Å². The third-order valence-corrected chi connectivity index (χ3v) is 3.11. The van der Waals surface area contributed by atoms with Gasteiger partial charge in [0.05, 0.1) is 6.42 Å². The van der Waals surface area contributed by atoms with Gasteiger partial charge in [0.1, 0.15) is 0 Å². The highest BCUT2D eigenvalue weighted by Gasteiger charge is 2.16. The van der Waals surface area contributed by atoms with Gasteiger partial charge in [-0.3, -0.25) is 4.79 Å². The van der Waals surface area contributed by atoms with Crippen LogP contribution in [0.25, 0.3) is 0 Å². The highest BCUT2D eigenvalue weighted by molar-refractivity contribution is 5.67. The van der Waals surface area contributed by atoms with Crippen LogP contribution in [-0.4, -0.2) is 16.1 Å². The van der Waals surface area contributed by atoms with E-state index in [1.54, 1.807) is 0 Å². The summed E-state index contributed by atoms with van der Waals surface area (Å²) in [5.74, 6) is -0.694. The van der Waals surface area contributed by atoms with Gasteiger partial charge in [-0.1, -0.05) is 30.3 Å². The lowest BCUT2D eigenvalue weighted by Gasteiger charge is -2.13. The van der Waals surface area contributed by atoms with Crippen LogP contribution >= 0.6 is 0 Å². The van der Waals surface area contributed by atoms with Crippen LogP contribution in [-0.2, 0) is 11.2 Å². The third-order valence-electron chi connectivity index (χ3n) is 3.11. The number of aromatic amines is 1. The molecule has 3 heteroatoms. The molecule has 1 atom stereocenters. The van der Waals surface area contributed by atoms with E-state index < -0.39 is 5.97 Å². The Labute approximate surface area is 106 Å². The molecule has 0 spiro atoms. The molecule has 2 rings (SSSR count). The second-order valence-corrected chi connectivity index (χ2v) is 4.44. The molecule has 0 aliphatic heterocycles. The molecule has 1 aromatic heterocycles. The molecule has 1 heterocycles. The average molecular weight is 243 g/mol. The van der Waals surface area contributed by atoms with Gasteiger partial charge in [0.25, 0.3) is 0 Å². The van der Waals surface area contributed by atoms with Crippen molar-refractivity contribution in [3.8, 4) is 0 Å². The van der Waals surface area contributed by atoms with Crippen molar-refractivity contribution in [2.45, 2.75) is 25.2 Å². The standard InChI is InChI=1S/C15H17NO2/c17-15(18)11-13(14-7-4-10-16-14)9-8-12-5-2-1-3-6-12/h1-7,10,13,16H,8-9,11H2,(H,17,18). The number of aryl methyl sites for hydroxylation is 1. The molecule has 0 amide bonds. The number of carboxylic acid groups (broad SMARTS) is 1. The lowest BCUT2D eigenvalue weighted by molar-refractivity contribution is -0.137. The first-order chi connectivity index (χ1) is 8.75. The summed E-state index contributed by atoms with van der Waals surface area (Å²) in [5, 5.41) is 8.97. The van der Waals surface area contributed by atoms with Gasteiger partial charge in [-0.25, -0.2) is 0 Å². The quantitative estimate of drug-likeness (QED) is 0.818. The molecule has 0 aliphatic rings. The maximum Gasteiger partial charge on any atom is 0.304 e. The molecule has 2 aromatic rings. The van der Waals surface area contributed by atoms with E-state index in [1.807, 2.05) is 36.5 Å². The lowest BCUT2D eigenvalue weighted by Crippen LogP contribution is -2.08. The molecule has 1 aromatic carbocycles. The number of nitrogens with one attached hydrogen (secondary N) is 1. The number of H-pyrrole nitrogens is 1. The van der Waals surface area contributed by atoms with E-state index in [9.17, 15) is 4.79 Å². The van der Waals surface area contributed by atoms with Crippen molar-refractivity contribution >= 4 is 5.97 Å². The SMILES string of the molecule is O=C(O)CC(CCc1ccccc1)c1ccc[nH]1. The zero-order valence-corrected chi connectivity index (χ0v) is 10.2. The number of aromatic nitrogens is 1. The fourth-order valence-corrected chi connectivity index (χ4v) is 2.16. The van der Waals surface area contributed by atoms with Gasteiger partial charge in [0.2, 0.25) is 0 Å². The zero-order chi connectivity index (χ0) is 12.8. The van der Waals surface area contributed by atoms with Crippen LogP contribution < -0.4 is 0 Å². The Morgan fingerprint density at radius 3 is 2.56 bits per heavy atom. The summed E-state index contributed by atoms with van der Waals surface area (Å²) in [5.41, 5.74) is 2.26. The second-order valence-electron chi connectivity index (χ2n) is 4.44. The number of rotatable bonds is 6. The first-order valence-corrected chi connectivity index (χ1v) is 6.14. The number of aliphatic carboxylic acids is 1. The molecule has 18 heavy (non-hydrogen) atoms. The molecule has 0 saturated heterocycles. The minimum atomic E-state index is -0.748. The first-order valence-electron chi connectivity index (χ1n) is 6.14. The van der Waals surface area contributed by atoms with Gasteiger partial charge >= 0.3 is 5.97 Å². The first kappa shape index (κ1) is 12.4. The maximum absolute atomic E-state index is 10.9. The number of carboxylic acids is 1. The minimum Gasteiger partial charge on any atom is -0.481 e. The van der Waals surface area contributed by atoms with E-state index in [2.05, 4.69) is 17.1 Å². The third kappa shape index (κ3) is 3.48. The number of hydrogen-bond acceptors (Lipinski definition) is 1. The predicted octanol–water partition coefficient (Wildman–Crippen LogP) is 3.21. The lowest BCUT2D eigenvalue weighted by atomic mass is 9.93. The topological polar surface area (TPSA) is 53.1 Å². The van der Waals surface area contributed by atoms with Crippen LogP contribution in [0.4, 0.5) is 0 Å². The van der Waals surface area contributed by atoms with Crippen LogP contribution in [0.2, 0.25) is 0 Å². The maximum atomic E-state index is 10.9. The number of hydrogen-bond donors (Lipinski definition) is 2. The van der Waals surface area contributed by atoms with Crippen LogP contribution in [0.3, 0.4) is 0 Å². The molecule has 0 saturated carbocycles. The Hall–Kier alpha value is -2.03. The van der Waals surface area contributed by atoms with E-state index in [0.29, 0.717) is 0 Å². The number of benzene rings is 1. The summed E-state index contributed by atoms with van der Waals surface area (Å²) < 4.78 is 0. The summed E-state index contributed by atoms with van der Waals surface area (Å²) in [6, 6.07) is 14.0. The van der Waals surface area contributed by atoms with Gasteiger partial charge in [0, 0.05) is 17.8 Å². The highest BCUT2D eigenvalue weighted by Crippen LogP contribution is 2.23. The Balaban J connectivity index is 2.00. The smallest absolute Gasteiger partial charge is 0.304 e. The predicted molar refractivity (Wildman–Crippen MR) is 70.5 cm³/mol. The van der Waals surface area contributed by atoms with Crippen molar-refractivity contribution in [3.05, 3.63) is 59.9 Å². The Bertz CT molecular complexity index is 476. The van der Waals surface area contributed by atoms with Crippen molar-refractivity contribution in [2.75, 3.05) is 0 Å². The van der Waals surface area contributed by atoms with Crippen molar-refractivity contribution < 1.29 is 9.90 Å². The molecule has 0 fully saturated rings. The summed E-state index contributed by atoms with van der Waals surface area (Å²) >= 11 is 0. The fraction of sp³-hybridized carbons (Fsp3) is 0.267. The van der Waals surface area contributed by atoms with Crippen LogP contribution in [0, 0.1) is 0 Å². The van der Waals surface area contributed by atoms with Crippen LogP contribution in [0.1, 0.15) is 30.0 Å². The number of carbonyl (C=O) groups is 1. The molecule has 2 N–H and O–H groups in total. The summed E-state index contributed by atoms with van der Waals surface area (Å²) in [6.45, 7) is 0. The Kier molecular flexibility index (Phi) is 4.18. The van der Waals surface area contributed by atoms with Crippen LogP contribution in [0.15, 0.2) is 48.7 Å². The molecule has 0 aliphatic carbocycles. The molecule has 1 unspecified atom stereocenters. The van der Waals surface area contributed by atoms with Crippen molar-refractivity contribution in [1.29, 1.82) is 0 Å². The molecule has 94 valence electrons. The highest BCUT2D eigenvalue weighted by atomic mass is 16.4. The average Bonchev–Trinajstić information content (AvgIpc) is 2.89. The van der Waals surface area contributed by atoms with Gasteiger partial charge in [-0.05, 0) is 30.5 Å². The molecule has 0 bridgehead atoms. The van der Waals surface area contributed by atoms with Crippen molar-refractivity contribution in [3.63, 3.8) is 0 Å². The monoisotopic (exact) mass is 243 g/mol. The second kappa shape index (κ2) is 6.05. The van der Waals surface area contributed by atoms with E-state index in [1.165, 1.54) is 5.56 Å². The van der Waals surface area contributed by atoms with E-state index in [-0.39, 0.29) is 12.3 Å². The minimum absolute atomic E-state index is 0.0534. The van der Waals surface area contributed by atoms with Crippen LogP contribution in [0.5, 0.6) is 0 Å². The molecule has 3 nitrogen and oxygen atoms in total. The molecule has 0 radical (unpaired) electrons. The van der Waals surface area contributed by atoms with Gasteiger partial charge < -0.3 is 10.1 Å².